The van der Waals surface area contributed by atoms with Gasteiger partial charge in [-0.3, -0.25) is 14.2 Å². The zero-order chi connectivity index (χ0) is 23.9. The van der Waals surface area contributed by atoms with Gasteiger partial charge >= 0.3 is 7.82 Å². The Balaban J connectivity index is 0.000000452. The number of aliphatic hydroxyl groups is 2. The predicted molar refractivity (Wildman–Crippen MR) is 116 cm³/mol. The fourth-order valence-corrected chi connectivity index (χ4v) is 4.37. The third-order valence-electron chi connectivity index (χ3n) is 5.53. The first kappa shape index (κ1) is 27.8. The molecule has 31 heavy (non-hydrogen) atoms. The van der Waals surface area contributed by atoms with Gasteiger partial charge in [-0.05, 0) is 47.2 Å². The Morgan fingerprint density at radius 1 is 1.23 bits per heavy atom. The van der Waals surface area contributed by atoms with Crippen molar-refractivity contribution in [2.24, 2.45) is 5.92 Å². The summed E-state index contributed by atoms with van der Waals surface area (Å²) >= 11 is 0. The van der Waals surface area contributed by atoms with Gasteiger partial charge in [0, 0.05) is 30.5 Å². The average Bonchev–Trinajstić information content (AvgIpc) is 2.94. The lowest BCUT2D eigenvalue weighted by molar-refractivity contribution is -0.728. The van der Waals surface area contributed by atoms with Crippen LogP contribution in [0.5, 0.6) is 0 Å². The average molecular weight is 462 g/mol. The standard InChI is InChI=1S/C13H18NO7P.C8H19N/c1-8(15)9-3-2-4-14(6-9)11-5-10(12(16)13(11)17)7-21-22(18,19)20;1-6-9(7(2)3)8(4)5/h2-4,6,10-13,16-17H,5,7H2,1H3,(H-,18,19,20);7-8H,6H2,1-5H3/p+1/t10-,11-,12-,13+;/m1./s1. The molecule has 1 heterocycles. The second kappa shape index (κ2) is 12.2. The number of aromatic nitrogens is 1. The van der Waals surface area contributed by atoms with E-state index in [9.17, 15) is 19.6 Å². The van der Waals surface area contributed by atoms with E-state index in [0.717, 1.165) is 6.54 Å². The highest BCUT2D eigenvalue weighted by atomic mass is 31.2. The van der Waals surface area contributed by atoms with Gasteiger partial charge in [-0.2, -0.15) is 4.57 Å². The van der Waals surface area contributed by atoms with Crippen LogP contribution < -0.4 is 4.57 Å². The molecule has 0 amide bonds. The van der Waals surface area contributed by atoms with Crippen molar-refractivity contribution in [3.05, 3.63) is 30.1 Å². The molecule has 1 fully saturated rings. The van der Waals surface area contributed by atoms with Crippen molar-refractivity contribution in [2.75, 3.05) is 13.2 Å². The summed E-state index contributed by atoms with van der Waals surface area (Å²) in [4.78, 5) is 31.3. The highest BCUT2D eigenvalue weighted by molar-refractivity contribution is 7.46. The summed E-state index contributed by atoms with van der Waals surface area (Å²) < 4.78 is 16.8. The molecule has 0 spiro atoms. The number of nitrogens with zero attached hydrogens (tertiary/aromatic N) is 2. The number of pyridine rings is 1. The van der Waals surface area contributed by atoms with Crippen LogP contribution in [-0.2, 0) is 9.09 Å². The highest BCUT2D eigenvalue weighted by Gasteiger charge is 2.47. The van der Waals surface area contributed by atoms with E-state index in [1.165, 1.54) is 6.92 Å². The Morgan fingerprint density at radius 2 is 1.81 bits per heavy atom. The molecule has 1 aromatic heterocycles. The maximum absolute atomic E-state index is 11.4. The fourth-order valence-electron chi connectivity index (χ4n) is 3.99. The number of rotatable bonds is 8. The Morgan fingerprint density at radius 3 is 2.23 bits per heavy atom. The molecule has 2 rings (SSSR count). The van der Waals surface area contributed by atoms with Gasteiger partial charge < -0.3 is 20.0 Å². The number of phosphoric ester groups is 1. The summed E-state index contributed by atoms with van der Waals surface area (Å²) in [5, 5.41) is 20.1. The van der Waals surface area contributed by atoms with E-state index < -0.39 is 32.0 Å². The fraction of sp³-hybridized carbons (Fsp3) is 0.714. The minimum Gasteiger partial charge on any atom is -0.390 e. The van der Waals surface area contributed by atoms with Crippen molar-refractivity contribution in [1.29, 1.82) is 0 Å². The lowest BCUT2D eigenvalue weighted by Gasteiger charge is -2.28. The summed E-state index contributed by atoms with van der Waals surface area (Å²) in [5.41, 5.74) is 0.471. The Hall–Kier alpha value is -1.19. The molecule has 0 bridgehead atoms. The second-order valence-electron chi connectivity index (χ2n) is 8.44. The van der Waals surface area contributed by atoms with Crippen molar-refractivity contribution < 1.29 is 38.5 Å². The van der Waals surface area contributed by atoms with Crippen LogP contribution in [0.3, 0.4) is 0 Å². The van der Waals surface area contributed by atoms with Crippen LogP contribution >= 0.6 is 7.82 Å². The van der Waals surface area contributed by atoms with Crippen molar-refractivity contribution >= 4 is 13.6 Å². The number of aliphatic hydroxyl groups excluding tert-OH is 2. The van der Waals surface area contributed by atoms with Gasteiger partial charge in [0.15, 0.2) is 24.2 Å². The summed E-state index contributed by atoms with van der Waals surface area (Å²) in [6.07, 6.45) is 1.24. The molecule has 0 aromatic carbocycles. The molecule has 4 N–H and O–H groups in total. The molecule has 4 atom stereocenters. The van der Waals surface area contributed by atoms with E-state index in [1.807, 2.05) is 0 Å². The number of carbonyl (C=O) groups is 1. The Kier molecular flexibility index (Phi) is 10.9. The molecular weight excluding hydrogens is 423 g/mol. The van der Waals surface area contributed by atoms with Crippen LogP contribution in [0.1, 0.15) is 64.4 Å². The predicted octanol–water partition coefficient (Wildman–Crippen LogP) is 1.69. The summed E-state index contributed by atoms with van der Waals surface area (Å²) in [6.45, 7) is 13.4. The van der Waals surface area contributed by atoms with E-state index in [4.69, 9.17) is 9.79 Å². The molecule has 1 aromatic rings. The lowest BCUT2D eigenvalue weighted by Crippen LogP contribution is -2.45. The molecule has 10 heteroatoms. The molecule has 0 radical (unpaired) electrons. The highest BCUT2D eigenvalue weighted by Crippen LogP contribution is 2.40. The molecule has 0 saturated heterocycles. The van der Waals surface area contributed by atoms with E-state index >= 15 is 0 Å². The van der Waals surface area contributed by atoms with Gasteiger partial charge in [0.2, 0.25) is 0 Å². The summed E-state index contributed by atoms with van der Waals surface area (Å²) in [5.74, 6) is -0.732. The molecule has 178 valence electrons. The van der Waals surface area contributed by atoms with Crippen LogP contribution in [0.2, 0.25) is 0 Å². The van der Waals surface area contributed by atoms with E-state index in [2.05, 4.69) is 44.0 Å². The second-order valence-corrected chi connectivity index (χ2v) is 9.68. The number of ketones is 1. The van der Waals surface area contributed by atoms with E-state index in [-0.39, 0.29) is 18.8 Å². The third kappa shape index (κ3) is 8.69. The van der Waals surface area contributed by atoms with Gasteiger partial charge in [-0.25, -0.2) is 4.57 Å². The summed E-state index contributed by atoms with van der Waals surface area (Å²) in [7, 11) is -4.62. The van der Waals surface area contributed by atoms with Crippen LogP contribution in [0.4, 0.5) is 0 Å². The zero-order valence-corrected chi connectivity index (χ0v) is 20.1. The quantitative estimate of drug-likeness (QED) is 0.261. The lowest BCUT2D eigenvalue weighted by atomic mass is 10.1. The molecular formula is C21H38N2O7P+. The van der Waals surface area contributed by atoms with E-state index in [0.29, 0.717) is 17.6 Å². The number of phosphoric acid groups is 1. The molecule has 1 aliphatic rings. The molecule has 1 aliphatic carbocycles. The topological polar surface area (TPSA) is 131 Å². The molecule has 0 aliphatic heterocycles. The zero-order valence-electron chi connectivity index (χ0n) is 19.3. The minimum absolute atomic E-state index is 0.122. The monoisotopic (exact) mass is 461 g/mol. The first-order chi connectivity index (χ1) is 14.3. The maximum Gasteiger partial charge on any atom is 0.469 e. The van der Waals surface area contributed by atoms with Crippen LogP contribution in [0.15, 0.2) is 24.5 Å². The maximum atomic E-state index is 11.4. The number of Topliss-reactive ketones (excluding diaryl/α,β-unsaturated/α-hetero) is 1. The molecule has 1 saturated carbocycles. The van der Waals surface area contributed by atoms with Crippen molar-refractivity contribution in [1.82, 2.24) is 4.90 Å². The van der Waals surface area contributed by atoms with Gasteiger partial charge in [0.05, 0.1) is 18.3 Å². The number of hydrogen-bond donors (Lipinski definition) is 4. The van der Waals surface area contributed by atoms with Gasteiger partial charge in [-0.15, -0.1) is 0 Å². The SMILES string of the molecule is CC(=O)c1ccc[n+]([C@@H]2C[C@H](COP(=O)(O)O)[C@@H](O)[C@H]2O)c1.CCN(C(C)C)C(C)C. The third-order valence-corrected chi connectivity index (χ3v) is 6.02. The van der Waals surface area contributed by atoms with Crippen molar-refractivity contribution in [2.45, 2.75) is 78.3 Å². The number of carbonyl (C=O) groups excluding carboxylic acids is 1. The molecule has 0 unspecified atom stereocenters. The smallest absolute Gasteiger partial charge is 0.390 e. The van der Waals surface area contributed by atoms with Gasteiger partial charge in [0.25, 0.3) is 0 Å². The Labute approximate surface area is 184 Å². The van der Waals surface area contributed by atoms with Gasteiger partial charge in [0.1, 0.15) is 6.10 Å². The van der Waals surface area contributed by atoms with Crippen LogP contribution in [0.25, 0.3) is 0 Å². The van der Waals surface area contributed by atoms with Crippen molar-refractivity contribution in [3.8, 4) is 0 Å². The first-order valence-electron chi connectivity index (χ1n) is 10.6. The van der Waals surface area contributed by atoms with Crippen LogP contribution in [-0.4, -0.2) is 68.1 Å². The van der Waals surface area contributed by atoms with Crippen molar-refractivity contribution in [3.63, 3.8) is 0 Å². The van der Waals surface area contributed by atoms with Gasteiger partial charge in [-0.1, -0.05) is 6.92 Å². The Bertz CT molecular complexity index is 745. The van der Waals surface area contributed by atoms with E-state index in [1.54, 1.807) is 29.1 Å². The normalized spacial score (nSPS) is 23.9. The minimum atomic E-state index is -4.62. The summed E-state index contributed by atoms with van der Waals surface area (Å²) in [6, 6.07) is 4.19. The molecule has 9 nitrogen and oxygen atoms in total. The first-order valence-corrected chi connectivity index (χ1v) is 12.1. The van der Waals surface area contributed by atoms with Crippen LogP contribution in [0, 0.1) is 5.92 Å². The largest absolute Gasteiger partial charge is 0.469 e. The number of hydrogen-bond acceptors (Lipinski definition) is 6.